The summed E-state index contributed by atoms with van der Waals surface area (Å²) in [5.74, 6) is 0. The highest BCUT2D eigenvalue weighted by atomic mass is 32.1. The Morgan fingerprint density at radius 3 is 2.71 bits per heavy atom. The molecule has 0 amide bonds. The predicted molar refractivity (Wildman–Crippen MR) is 73.4 cm³/mol. The molecule has 1 aromatic rings. The van der Waals surface area contributed by atoms with Crippen LogP contribution in [-0.2, 0) is 6.54 Å². The predicted octanol–water partition coefficient (Wildman–Crippen LogP) is 2.85. The first kappa shape index (κ1) is 11.7. The monoisotopic (exact) mass is 250 g/mol. The SMILES string of the molecule is CNC1CC2CCCC(C1)N2Cc1cccs1. The van der Waals surface area contributed by atoms with Crippen LogP contribution in [0.15, 0.2) is 17.5 Å². The zero-order valence-corrected chi connectivity index (χ0v) is 11.4. The Morgan fingerprint density at radius 2 is 2.12 bits per heavy atom. The number of hydrogen-bond donors (Lipinski definition) is 1. The number of hydrogen-bond acceptors (Lipinski definition) is 3. The molecule has 3 rings (SSSR count). The van der Waals surface area contributed by atoms with E-state index >= 15 is 0 Å². The van der Waals surface area contributed by atoms with Gasteiger partial charge < -0.3 is 5.32 Å². The second-order valence-electron chi connectivity index (χ2n) is 5.45. The third-order valence-corrected chi connectivity index (χ3v) is 5.31. The second kappa shape index (κ2) is 5.09. The molecule has 94 valence electrons. The average Bonchev–Trinajstić information content (AvgIpc) is 2.81. The van der Waals surface area contributed by atoms with Gasteiger partial charge in [0.05, 0.1) is 0 Å². The summed E-state index contributed by atoms with van der Waals surface area (Å²) >= 11 is 1.90. The van der Waals surface area contributed by atoms with Crippen LogP contribution in [0.4, 0.5) is 0 Å². The molecule has 0 saturated carbocycles. The van der Waals surface area contributed by atoms with Gasteiger partial charge in [0.25, 0.3) is 0 Å². The van der Waals surface area contributed by atoms with E-state index in [1.165, 1.54) is 43.5 Å². The largest absolute Gasteiger partial charge is 0.317 e. The minimum Gasteiger partial charge on any atom is -0.317 e. The molecule has 2 aliphatic heterocycles. The molecule has 2 bridgehead atoms. The van der Waals surface area contributed by atoms with Gasteiger partial charge in [0.1, 0.15) is 0 Å². The first-order chi connectivity index (χ1) is 8.36. The van der Waals surface area contributed by atoms with Crippen molar-refractivity contribution in [2.75, 3.05) is 7.05 Å². The van der Waals surface area contributed by atoms with Crippen molar-refractivity contribution in [3.05, 3.63) is 22.4 Å². The zero-order valence-electron chi connectivity index (χ0n) is 10.6. The van der Waals surface area contributed by atoms with E-state index in [9.17, 15) is 0 Å². The van der Waals surface area contributed by atoms with E-state index < -0.39 is 0 Å². The van der Waals surface area contributed by atoms with Gasteiger partial charge in [-0.05, 0) is 44.2 Å². The van der Waals surface area contributed by atoms with Crippen molar-refractivity contribution < 1.29 is 0 Å². The summed E-state index contributed by atoms with van der Waals surface area (Å²) in [6, 6.07) is 6.86. The highest BCUT2D eigenvalue weighted by molar-refractivity contribution is 7.09. The molecular formula is C14H22N2S. The molecule has 3 heteroatoms. The lowest BCUT2D eigenvalue weighted by Gasteiger charge is -2.48. The number of thiophene rings is 1. The average molecular weight is 250 g/mol. The standard InChI is InChI=1S/C14H22N2S/c1-15-11-8-12-4-2-5-13(9-11)16(12)10-14-6-3-7-17-14/h3,6-7,11-13,15H,2,4-5,8-10H2,1H3. The quantitative estimate of drug-likeness (QED) is 0.887. The fraction of sp³-hybridized carbons (Fsp3) is 0.714. The van der Waals surface area contributed by atoms with Crippen LogP contribution < -0.4 is 5.32 Å². The first-order valence-corrected chi connectivity index (χ1v) is 7.70. The van der Waals surface area contributed by atoms with Gasteiger partial charge in [0.15, 0.2) is 0 Å². The summed E-state index contributed by atoms with van der Waals surface area (Å²) in [5, 5.41) is 5.69. The number of nitrogens with zero attached hydrogens (tertiary/aromatic N) is 1. The maximum Gasteiger partial charge on any atom is 0.0333 e. The van der Waals surface area contributed by atoms with Crippen molar-refractivity contribution in [3.8, 4) is 0 Å². The third-order valence-electron chi connectivity index (χ3n) is 4.45. The Labute approximate surface area is 108 Å². The third kappa shape index (κ3) is 2.42. The Morgan fingerprint density at radius 1 is 1.35 bits per heavy atom. The van der Waals surface area contributed by atoms with Crippen LogP contribution in [0.5, 0.6) is 0 Å². The Balaban J connectivity index is 1.71. The van der Waals surface area contributed by atoms with Crippen molar-refractivity contribution >= 4 is 11.3 Å². The molecule has 2 fully saturated rings. The summed E-state index contributed by atoms with van der Waals surface area (Å²) < 4.78 is 0. The van der Waals surface area contributed by atoms with Crippen LogP contribution in [0, 0.1) is 0 Å². The summed E-state index contributed by atoms with van der Waals surface area (Å²) in [6.45, 7) is 1.18. The van der Waals surface area contributed by atoms with Gasteiger partial charge >= 0.3 is 0 Å². The summed E-state index contributed by atoms with van der Waals surface area (Å²) in [7, 11) is 2.12. The molecule has 3 heterocycles. The molecule has 2 atom stereocenters. The van der Waals surface area contributed by atoms with Gasteiger partial charge in [-0.15, -0.1) is 11.3 Å². The fourth-order valence-electron chi connectivity index (χ4n) is 3.55. The van der Waals surface area contributed by atoms with Crippen molar-refractivity contribution in [2.24, 2.45) is 0 Å². The van der Waals surface area contributed by atoms with Crippen LogP contribution in [0.2, 0.25) is 0 Å². The number of fused-ring (bicyclic) bond motifs is 2. The smallest absolute Gasteiger partial charge is 0.0333 e. The highest BCUT2D eigenvalue weighted by Crippen LogP contribution is 2.35. The van der Waals surface area contributed by atoms with E-state index in [2.05, 4.69) is 34.8 Å². The van der Waals surface area contributed by atoms with Gasteiger partial charge in [0.2, 0.25) is 0 Å². The lowest BCUT2D eigenvalue weighted by atomic mass is 9.82. The summed E-state index contributed by atoms with van der Waals surface area (Å²) in [6.07, 6.45) is 6.93. The number of rotatable bonds is 3. The summed E-state index contributed by atoms with van der Waals surface area (Å²) in [5.41, 5.74) is 0. The molecule has 1 N–H and O–H groups in total. The lowest BCUT2D eigenvalue weighted by molar-refractivity contribution is 0.0199. The Bertz CT molecular complexity index is 335. The van der Waals surface area contributed by atoms with Crippen LogP contribution in [-0.4, -0.2) is 30.1 Å². The minimum absolute atomic E-state index is 0.755. The van der Waals surface area contributed by atoms with Crippen LogP contribution in [0.3, 0.4) is 0 Å². The van der Waals surface area contributed by atoms with Crippen LogP contribution >= 0.6 is 11.3 Å². The van der Waals surface area contributed by atoms with E-state index in [0.29, 0.717) is 0 Å². The fourth-order valence-corrected chi connectivity index (χ4v) is 4.27. The topological polar surface area (TPSA) is 15.3 Å². The van der Waals surface area contributed by atoms with E-state index in [4.69, 9.17) is 0 Å². The summed E-state index contributed by atoms with van der Waals surface area (Å²) in [4.78, 5) is 4.31. The molecule has 0 radical (unpaired) electrons. The van der Waals surface area contributed by atoms with Crippen molar-refractivity contribution in [1.29, 1.82) is 0 Å². The Hall–Kier alpha value is -0.380. The molecule has 0 aromatic carbocycles. The van der Waals surface area contributed by atoms with Gasteiger partial charge in [-0.2, -0.15) is 0 Å². The number of piperidine rings is 2. The van der Waals surface area contributed by atoms with Crippen molar-refractivity contribution in [3.63, 3.8) is 0 Å². The molecule has 0 spiro atoms. The molecule has 2 saturated heterocycles. The van der Waals surface area contributed by atoms with E-state index in [0.717, 1.165) is 18.1 Å². The molecule has 2 unspecified atom stereocenters. The minimum atomic E-state index is 0.755. The molecular weight excluding hydrogens is 228 g/mol. The van der Waals surface area contributed by atoms with Crippen LogP contribution in [0.1, 0.15) is 37.0 Å². The molecule has 1 aromatic heterocycles. The molecule has 2 aliphatic rings. The second-order valence-corrected chi connectivity index (χ2v) is 6.48. The van der Waals surface area contributed by atoms with E-state index in [1.807, 2.05) is 11.3 Å². The lowest BCUT2D eigenvalue weighted by Crippen LogP contribution is -2.55. The van der Waals surface area contributed by atoms with E-state index in [1.54, 1.807) is 0 Å². The van der Waals surface area contributed by atoms with Gasteiger partial charge in [-0.3, -0.25) is 4.90 Å². The zero-order chi connectivity index (χ0) is 11.7. The first-order valence-electron chi connectivity index (χ1n) is 6.82. The van der Waals surface area contributed by atoms with Gasteiger partial charge in [0, 0.05) is 29.5 Å². The molecule has 2 nitrogen and oxygen atoms in total. The van der Waals surface area contributed by atoms with Crippen molar-refractivity contribution in [1.82, 2.24) is 10.2 Å². The van der Waals surface area contributed by atoms with Gasteiger partial charge in [-0.1, -0.05) is 12.5 Å². The molecule has 0 aliphatic carbocycles. The van der Waals surface area contributed by atoms with Crippen LogP contribution in [0.25, 0.3) is 0 Å². The van der Waals surface area contributed by atoms with E-state index in [-0.39, 0.29) is 0 Å². The molecule has 17 heavy (non-hydrogen) atoms. The normalized spacial score (nSPS) is 33.8. The number of nitrogens with one attached hydrogen (secondary N) is 1. The van der Waals surface area contributed by atoms with Gasteiger partial charge in [-0.25, -0.2) is 0 Å². The maximum absolute atomic E-state index is 3.49. The maximum atomic E-state index is 3.49. The highest BCUT2D eigenvalue weighted by Gasteiger charge is 2.37. The Kier molecular flexibility index (Phi) is 3.50. The van der Waals surface area contributed by atoms with Crippen molar-refractivity contribution in [2.45, 2.75) is 56.8 Å².